The van der Waals surface area contributed by atoms with Crippen molar-refractivity contribution < 1.29 is 14.3 Å². The summed E-state index contributed by atoms with van der Waals surface area (Å²) in [4.78, 5) is 25.8. The normalized spacial score (nSPS) is 12.4. The number of nitrogens with one attached hydrogen (secondary N) is 1. The van der Waals surface area contributed by atoms with Crippen molar-refractivity contribution in [2.75, 3.05) is 0 Å². The van der Waals surface area contributed by atoms with E-state index < -0.39 is 12.1 Å². The molecule has 0 fully saturated rings. The number of benzene rings is 1. The van der Waals surface area contributed by atoms with Gasteiger partial charge in [-0.05, 0) is 51.5 Å². The fourth-order valence-corrected chi connectivity index (χ4v) is 3.93. The summed E-state index contributed by atoms with van der Waals surface area (Å²) in [6.45, 7) is 7.75. The van der Waals surface area contributed by atoms with Gasteiger partial charge in [-0.15, -0.1) is 11.3 Å². The van der Waals surface area contributed by atoms with Gasteiger partial charge in [0.1, 0.15) is 9.71 Å². The van der Waals surface area contributed by atoms with Gasteiger partial charge in [0.15, 0.2) is 6.10 Å². The first-order valence-electron chi connectivity index (χ1n) is 8.97. The van der Waals surface area contributed by atoms with Crippen molar-refractivity contribution in [2.45, 2.75) is 46.4 Å². The Morgan fingerprint density at radius 3 is 2.57 bits per heavy atom. The summed E-state index contributed by atoms with van der Waals surface area (Å²) >= 11 is 7.25. The van der Waals surface area contributed by atoms with E-state index in [-0.39, 0.29) is 11.9 Å². The predicted octanol–water partition coefficient (Wildman–Crippen LogP) is 4.18. The molecule has 0 spiro atoms. The Morgan fingerprint density at radius 2 is 1.93 bits per heavy atom. The smallest absolute Gasteiger partial charge is 0.349 e. The maximum Gasteiger partial charge on any atom is 0.349 e. The SMILES string of the molecule is Cc1nn(Cc2ccc(Cl)cc2)c2sc(C(=O)O[C@H](C)C(=O)NC(C)C)cc12. The Labute approximate surface area is 172 Å². The number of aryl methyl sites for hydroxylation is 1. The Hall–Kier alpha value is -2.38. The summed E-state index contributed by atoms with van der Waals surface area (Å²) in [5, 5.41) is 8.89. The zero-order valence-electron chi connectivity index (χ0n) is 16.2. The molecule has 0 bridgehead atoms. The fraction of sp³-hybridized carbons (Fsp3) is 0.350. The summed E-state index contributed by atoms with van der Waals surface area (Å²) in [5.41, 5.74) is 1.90. The van der Waals surface area contributed by atoms with Crippen LogP contribution in [0.25, 0.3) is 10.2 Å². The number of ether oxygens (including phenoxy) is 1. The maximum absolute atomic E-state index is 12.5. The molecule has 28 heavy (non-hydrogen) atoms. The van der Waals surface area contributed by atoms with Crippen LogP contribution in [0.2, 0.25) is 5.02 Å². The minimum absolute atomic E-state index is 0.0144. The molecule has 0 aliphatic carbocycles. The summed E-state index contributed by atoms with van der Waals surface area (Å²) in [5.74, 6) is -0.820. The molecule has 1 aromatic carbocycles. The molecule has 0 unspecified atom stereocenters. The molecule has 2 heterocycles. The summed E-state index contributed by atoms with van der Waals surface area (Å²) in [6, 6.07) is 9.33. The van der Waals surface area contributed by atoms with Crippen LogP contribution in [0.1, 0.15) is 41.7 Å². The molecule has 0 saturated carbocycles. The number of halogens is 1. The first-order chi connectivity index (χ1) is 13.2. The first kappa shape index (κ1) is 20.4. The number of carbonyl (C=O) groups is 2. The average Bonchev–Trinajstić information content (AvgIpc) is 3.18. The Balaban J connectivity index is 1.79. The van der Waals surface area contributed by atoms with E-state index in [1.807, 2.05) is 49.7 Å². The van der Waals surface area contributed by atoms with Crippen molar-refractivity contribution in [3.05, 3.63) is 51.5 Å². The zero-order chi connectivity index (χ0) is 20.4. The van der Waals surface area contributed by atoms with E-state index in [2.05, 4.69) is 10.4 Å². The predicted molar refractivity (Wildman–Crippen MR) is 111 cm³/mol. The van der Waals surface area contributed by atoms with Gasteiger partial charge in [-0.25, -0.2) is 4.79 Å². The van der Waals surface area contributed by atoms with E-state index in [0.29, 0.717) is 16.4 Å². The van der Waals surface area contributed by atoms with Crippen molar-refractivity contribution in [3.63, 3.8) is 0 Å². The van der Waals surface area contributed by atoms with Crippen molar-refractivity contribution in [2.24, 2.45) is 0 Å². The van der Waals surface area contributed by atoms with Gasteiger partial charge in [-0.1, -0.05) is 23.7 Å². The standard InChI is InChI=1S/C20H22ClN3O3S/c1-11(2)22-18(25)13(4)27-20(26)17-9-16-12(3)23-24(19(16)28-17)10-14-5-7-15(21)8-6-14/h5-9,11,13H,10H2,1-4H3,(H,22,25)/t13-/m1/s1. The fourth-order valence-electron chi connectivity index (χ4n) is 2.76. The number of aromatic nitrogens is 2. The monoisotopic (exact) mass is 419 g/mol. The molecule has 0 radical (unpaired) electrons. The lowest BCUT2D eigenvalue weighted by molar-refractivity contribution is -0.129. The third-order valence-corrected chi connectivity index (χ3v) is 5.52. The molecule has 148 valence electrons. The second-order valence-electron chi connectivity index (χ2n) is 6.91. The van der Waals surface area contributed by atoms with Gasteiger partial charge in [-0.3, -0.25) is 9.48 Å². The quantitative estimate of drug-likeness (QED) is 0.608. The van der Waals surface area contributed by atoms with E-state index in [1.165, 1.54) is 11.3 Å². The van der Waals surface area contributed by atoms with Crippen molar-refractivity contribution in [1.29, 1.82) is 0 Å². The molecule has 1 amide bonds. The van der Waals surface area contributed by atoms with Crippen LogP contribution in [0.3, 0.4) is 0 Å². The zero-order valence-corrected chi connectivity index (χ0v) is 17.7. The molecule has 3 rings (SSSR count). The number of thiophene rings is 1. The van der Waals surface area contributed by atoms with Crippen molar-refractivity contribution in [1.82, 2.24) is 15.1 Å². The number of carbonyl (C=O) groups excluding carboxylic acids is 2. The van der Waals surface area contributed by atoms with E-state index in [4.69, 9.17) is 16.3 Å². The van der Waals surface area contributed by atoms with Crippen LogP contribution >= 0.6 is 22.9 Å². The molecular weight excluding hydrogens is 398 g/mol. The molecule has 8 heteroatoms. The maximum atomic E-state index is 12.5. The molecule has 1 N–H and O–H groups in total. The van der Waals surface area contributed by atoms with Crippen LogP contribution in [0, 0.1) is 6.92 Å². The van der Waals surface area contributed by atoms with Crippen LogP contribution in [0.5, 0.6) is 0 Å². The molecule has 0 aliphatic rings. The van der Waals surface area contributed by atoms with E-state index >= 15 is 0 Å². The minimum atomic E-state index is -0.855. The molecule has 6 nitrogen and oxygen atoms in total. The molecule has 2 aromatic heterocycles. The third-order valence-electron chi connectivity index (χ3n) is 4.14. The number of rotatable bonds is 6. The Bertz CT molecular complexity index is 1010. The summed E-state index contributed by atoms with van der Waals surface area (Å²) in [6.07, 6.45) is -0.855. The average molecular weight is 420 g/mol. The highest BCUT2D eigenvalue weighted by Crippen LogP contribution is 2.29. The third kappa shape index (κ3) is 4.54. The lowest BCUT2D eigenvalue weighted by Crippen LogP contribution is -2.39. The molecule has 0 saturated heterocycles. The van der Waals surface area contributed by atoms with Crippen LogP contribution in [0.15, 0.2) is 30.3 Å². The van der Waals surface area contributed by atoms with Crippen molar-refractivity contribution in [3.8, 4) is 0 Å². The lowest BCUT2D eigenvalue weighted by Gasteiger charge is -2.14. The van der Waals surface area contributed by atoms with Gasteiger partial charge in [0, 0.05) is 16.5 Å². The number of hydrogen-bond donors (Lipinski definition) is 1. The number of esters is 1. The van der Waals surface area contributed by atoms with E-state index in [9.17, 15) is 9.59 Å². The number of hydrogen-bond acceptors (Lipinski definition) is 5. The number of nitrogens with zero attached hydrogens (tertiary/aromatic N) is 2. The highest BCUT2D eigenvalue weighted by molar-refractivity contribution is 7.20. The van der Waals surface area contributed by atoms with Gasteiger partial charge in [0.05, 0.1) is 12.2 Å². The topological polar surface area (TPSA) is 73.2 Å². The first-order valence-corrected chi connectivity index (χ1v) is 10.2. The Kier molecular flexibility index (Phi) is 6.05. The van der Waals surface area contributed by atoms with Gasteiger partial charge < -0.3 is 10.1 Å². The van der Waals surface area contributed by atoms with Crippen LogP contribution < -0.4 is 5.32 Å². The summed E-state index contributed by atoms with van der Waals surface area (Å²) in [7, 11) is 0. The van der Waals surface area contributed by atoms with E-state index in [1.54, 1.807) is 13.0 Å². The lowest BCUT2D eigenvalue weighted by atomic mass is 10.2. The second-order valence-corrected chi connectivity index (χ2v) is 8.38. The number of fused-ring (bicyclic) bond motifs is 1. The highest BCUT2D eigenvalue weighted by Gasteiger charge is 2.22. The molecule has 1 atom stereocenters. The van der Waals surface area contributed by atoms with Crippen LogP contribution in [-0.4, -0.2) is 33.8 Å². The highest BCUT2D eigenvalue weighted by atomic mass is 35.5. The van der Waals surface area contributed by atoms with Gasteiger partial charge in [0.25, 0.3) is 5.91 Å². The van der Waals surface area contributed by atoms with Crippen molar-refractivity contribution >= 4 is 45.0 Å². The van der Waals surface area contributed by atoms with Gasteiger partial charge in [-0.2, -0.15) is 5.10 Å². The molecule has 0 aliphatic heterocycles. The number of amides is 1. The molecular formula is C20H22ClN3O3S. The largest absolute Gasteiger partial charge is 0.448 e. The minimum Gasteiger partial charge on any atom is -0.448 e. The van der Waals surface area contributed by atoms with Crippen LogP contribution in [-0.2, 0) is 16.1 Å². The van der Waals surface area contributed by atoms with E-state index in [0.717, 1.165) is 21.5 Å². The van der Waals surface area contributed by atoms with Gasteiger partial charge >= 0.3 is 5.97 Å². The van der Waals surface area contributed by atoms with Crippen LogP contribution in [0.4, 0.5) is 0 Å². The Morgan fingerprint density at radius 1 is 1.25 bits per heavy atom. The second kappa shape index (κ2) is 8.32. The molecule has 3 aromatic rings. The summed E-state index contributed by atoms with van der Waals surface area (Å²) < 4.78 is 7.19. The van der Waals surface area contributed by atoms with Gasteiger partial charge in [0.2, 0.25) is 0 Å².